The Hall–Kier alpha value is -3.62. The first-order chi connectivity index (χ1) is 12.6. The number of carbonyl (C=O) groups is 1. The lowest BCUT2D eigenvalue weighted by atomic mass is 10.2. The average Bonchev–Trinajstić information content (AvgIpc) is 3.10. The molecule has 3 rings (SSSR count). The summed E-state index contributed by atoms with van der Waals surface area (Å²) in [4.78, 5) is 22.5. The van der Waals surface area contributed by atoms with Crippen LogP contribution in [0.4, 0.5) is 0 Å². The monoisotopic (exact) mass is 357 g/mol. The van der Waals surface area contributed by atoms with Gasteiger partial charge in [0.25, 0.3) is 0 Å². The molecule has 0 unspecified atom stereocenters. The molecule has 0 fully saturated rings. The molecule has 0 radical (unpaired) electrons. The molecular formula is C17H15N3O6. The van der Waals surface area contributed by atoms with Crippen LogP contribution in [-0.4, -0.2) is 33.5 Å². The zero-order chi connectivity index (χ0) is 18.5. The minimum atomic E-state index is -0.533. The van der Waals surface area contributed by atoms with Crippen molar-refractivity contribution >= 4 is 6.29 Å². The van der Waals surface area contributed by atoms with Gasteiger partial charge in [-0.25, -0.2) is 4.68 Å². The quantitative estimate of drug-likeness (QED) is 0.631. The highest BCUT2D eigenvalue weighted by atomic mass is 16.5. The van der Waals surface area contributed by atoms with E-state index in [9.17, 15) is 14.7 Å². The maximum absolute atomic E-state index is 11.4. The van der Waals surface area contributed by atoms with Gasteiger partial charge in [0.1, 0.15) is 42.4 Å². The van der Waals surface area contributed by atoms with Crippen LogP contribution in [0.5, 0.6) is 17.2 Å². The molecule has 0 bridgehead atoms. The maximum atomic E-state index is 11.4. The lowest BCUT2D eigenvalue weighted by Gasteiger charge is -2.08. The fourth-order valence-corrected chi connectivity index (χ4v) is 2.18. The van der Waals surface area contributed by atoms with Gasteiger partial charge < -0.3 is 19.0 Å². The first kappa shape index (κ1) is 17.2. The molecule has 134 valence electrons. The van der Waals surface area contributed by atoms with E-state index in [0.29, 0.717) is 34.8 Å². The summed E-state index contributed by atoms with van der Waals surface area (Å²) in [6, 6.07) is 6.06. The standard InChI is InChI=1S/C17H15N3O6/c1-24-13-3-2-11(8-21)17(5-13)26-9-12-6-20(19-18-12)7-14-4-15(22)16(23)10-25-14/h2-6,8,10,23H,7,9H2,1H3. The van der Waals surface area contributed by atoms with Gasteiger partial charge in [-0.15, -0.1) is 5.10 Å². The highest BCUT2D eigenvalue weighted by molar-refractivity contribution is 5.79. The Morgan fingerprint density at radius 2 is 2.19 bits per heavy atom. The Kier molecular flexibility index (Phi) is 4.97. The van der Waals surface area contributed by atoms with E-state index in [0.717, 1.165) is 6.26 Å². The second-order valence-corrected chi connectivity index (χ2v) is 5.31. The molecule has 2 aromatic heterocycles. The molecule has 26 heavy (non-hydrogen) atoms. The van der Waals surface area contributed by atoms with Crippen LogP contribution in [0.2, 0.25) is 0 Å². The SMILES string of the molecule is COc1ccc(C=O)c(OCc2cn(Cc3cc(=O)c(O)co3)nn2)c1. The first-order valence-corrected chi connectivity index (χ1v) is 7.54. The third kappa shape index (κ3) is 3.89. The average molecular weight is 357 g/mol. The van der Waals surface area contributed by atoms with Crippen molar-refractivity contribution in [3.63, 3.8) is 0 Å². The second-order valence-electron chi connectivity index (χ2n) is 5.31. The molecule has 0 aliphatic heterocycles. The van der Waals surface area contributed by atoms with E-state index in [4.69, 9.17) is 13.9 Å². The largest absolute Gasteiger partial charge is 0.502 e. The molecular weight excluding hydrogens is 342 g/mol. The number of aromatic nitrogens is 3. The van der Waals surface area contributed by atoms with Crippen LogP contribution in [-0.2, 0) is 13.2 Å². The molecule has 9 nitrogen and oxygen atoms in total. The predicted molar refractivity (Wildman–Crippen MR) is 88.5 cm³/mol. The first-order valence-electron chi connectivity index (χ1n) is 7.54. The van der Waals surface area contributed by atoms with Gasteiger partial charge in [0.05, 0.1) is 18.9 Å². The molecule has 3 aromatic rings. The number of aromatic hydroxyl groups is 1. The lowest BCUT2D eigenvalue weighted by molar-refractivity contribution is 0.111. The molecule has 1 aromatic carbocycles. The Morgan fingerprint density at radius 1 is 1.35 bits per heavy atom. The highest BCUT2D eigenvalue weighted by Crippen LogP contribution is 2.24. The van der Waals surface area contributed by atoms with Crippen molar-refractivity contribution in [2.45, 2.75) is 13.2 Å². The predicted octanol–water partition coefficient (Wildman–Crippen LogP) is 1.39. The molecule has 0 aliphatic carbocycles. The van der Waals surface area contributed by atoms with Crippen LogP contribution in [0.15, 0.2) is 45.9 Å². The van der Waals surface area contributed by atoms with Crippen molar-refractivity contribution in [2.75, 3.05) is 7.11 Å². The molecule has 0 saturated carbocycles. The molecule has 0 amide bonds. The maximum Gasteiger partial charge on any atom is 0.226 e. The van der Waals surface area contributed by atoms with E-state index in [-0.39, 0.29) is 13.2 Å². The van der Waals surface area contributed by atoms with Gasteiger partial charge in [0.2, 0.25) is 5.43 Å². The summed E-state index contributed by atoms with van der Waals surface area (Å²) in [5, 5.41) is 17.1. The minimum absolute atomic E-state index is 0.0908. The van der Waals surface area contributed by atoms with E-state index >= 15 is 0 Å². The Morgan fingerprint density at radius 3 is 2.92 bits per heavy atom. The zero-order valence-corrected chi connectivity index (χ0v) is 13.8. The summed E-state index contributed by atoms with van der Waals surface area (Å²) in [7, 11) is 1.52. The number of carbonyl (C=O) groups excluding carboxylic acids is 1. The summed E-state index contributed by atoms with van der Waals surface area (Å²) in [6.07, 6.45) is 3.29. The number of ether oxygens (including phenoxy) is 2. The molecule has 0 spiro atoms. The van der Waals surface area contributed by atoms with Crippen molar-refractivity contribution < 1.29 is 23.8 Å². The number of hydrogen-bond acceptors (Lipinski definition) is 8. The van der Waals surface area contributed by atoms with Crippen LogP contribution in [0.1, 0.15) is 21.8 Å². The van der Waals surface area contributed by atoms with E-state index < -0.39 is 11.2 Å². The van der Waals surface area contributed by atoms with Crippen molar-refractivity contribution in [1.29, 1.82) is 0 Å². The van der Waals surface area contributed by atoms with Gasteiger partial charge in [0, 0.05) is 12.1 Å². The van der Waals surface area contributed by atoms with Gasteiger partial charge in [-0.3, -0.25) is 9.59 Å². The normalized spacial score (nSPS) is 10.5. The van der Waals surface area contributed by atoms with E-state index in [2.05, 4.69) is 10.3 Å². The number of nitrogens with zero attached hydrogens (tertiary/aromatic N) is 3. The molecule has 1 N–H and O–H groups in total. The Balaban J connectivity index is 1.68. The van der Waals surface area contributed by atoms with Gasteiger partial charge in [-0.2, -0.15) is 0 Å². The fraction of sp³-hybridized carbons (Fsp3) is 0.176. The van der Waals surface area contributed by atoms with Crippen molar-refractivity contribution in [2.24, 2.45) is 0 Å². The van der Waals surface area contributed by atoms with E-state index in [1.54, 1.807) is 24.4 Å². The number of hydrogen-bond donors (Lipinski definition) is 1. The van der Waals surface area contributed by atoms with Gasteiger partial charge >= 0.3 is 0 Å². The third-order valence-corrected chi connectivity index (χ3v) is 3.49. The van der Waals surface area contributed by atoms with Crippen LogP contribution in [0, 0.1) is 0 Å². The molecule has 0 atom stereocenters. The summed E-state index contributed by atoms with van der Waals surface area (Å²) in [5.41, 5.74) is 0.379. The van der Waals surface area contributed by atoms with Crippen LogP contribution >= 0.6 is 0 Å². The lowest BCUT2D eigenvalue weighted by Crippen LogP contribution is -2.05. The van der Waals surface area contributed by atoms with Gasteiger partial charge in [-0.1, -0.05) is 5.21 Å². The number of rotatable bonds is 7. The van der Waals surface area contributed by atoms with Crippen LogP contribution in [0.25, 0.3) is 0 Å². The smallest absolute Gasteiger partial charge is 0.226 e. The topological polar surface area (TPSA) is 117 Å². The van der Waals surface area contributed by atoms with Crippen LogP contribution in [0.3, 0.4) is 0 Å². The summed E-state index contributed by atoms with van der Waals surface area (Å²) >= 11 is 0. The van der Waals surface area contributed by atoms with Gasteiger partial charge in [0.15, 0.2) is 12.0 Å². The second kappa shape index (κ2) is 7.51. The molecule has 2 heterocycles. The third-order valence-electron chi connectivity index (χ3n) is 3.49. The zero-order valence-electron chi connectivity index (χ0n) is 13.8. The number of benzene rings is 1. The summed E-state index contributed by atoms with van der Waals surface area (Å²) < 4.78 is 17.3. The van der Waals surface area contributed by atoms with Crippen molar-refractivity contribution in [1.82, 2.24) is 15.0 Å². The summed E-state index contributed by atoms with van der Waals surface area (Å²) in [5.74, 6) is 0.807. The van der Waals surface area contributed by atoms with Gasteiger partial charge in [-0.05, 0) is 12.1 Å². The van der Waals surface area contributed by atoms with E-state index in [1.165, 1.54) is 17.9 Å². The highest BCUT2D eigenvalue weighted by Gasteiger charge is 2.09. The van der Waals surface area contributed by atoms with Crippen molar-refractivity contribution in [3.05, 3.63) is 64.0 Å². The van der Waals surface area contributed by atoms with Crippen LogP contribution < -0.4 is 14.9 Å². The fourth-order valence-electron chi connectivity index (χ4n) is 2.18. The molecule has 0 aliphatic rings. The minimum Gasteiger partial charge on any atom is -0.502 e. The van der Waals surface area contributed by atoms with E-state index in [1.807, 2.05) is 0 Å². The molecule has 9 heteroatoms. The summed E-state index contributed by atoms with van der Waals surface area (Å²) in [6.45, 7) is 0.259. The Bertz CT molecular complexity index is 979. The molecule has 0 saturated heterocycles. The number of methoxy groups -OCH3 is 1. The number of aldehydes is 1. The Labute approximate surface area is 147 Å². The van der Waals surface area contributed by atoms with Crippen molar-refractivity contribution in [3.8, 4) is 17.2 Å².